The molecule has 1 aliphatic heterocycles. The summed E-state index contributed by atoms with van der Waals surface area (Å²) < 4.78 is 0. The van der Waals surface area contributed by atoms with Crippen LogP contribution in [0.4, 0.5) is 0 Å². The first-order valence-electron chi connectivity index (χ1n) is 6.73. The lowest BCUT2D eigenvalue weighted by atomic mass is 9.98. The number of hydrogen-bond donors (Lipinski definition) is 1. The standard InChI is InChI=1S/C15H20N2O3/c1-10-14(18)17(11(2)15(19)20)13(9-16(10)3)12-7-5-4-6-8-12/h4-8,10-11,13H,9H2,1-3H3,(H,19,20)/t10-,11?,13?/m1/s1. The second-order valence-electron chi connectivity index (χ2n) is 5.30. The average Bonchev–Trinajstić information content (AvgIpc) is 2.44. The lowest BCUT2D eigenvalue weighted by Gasteiger charge is -2.45. The number of likely N-dealkylation sites (N-methyl/N-ethyl adjacent to an activating group) is 1. The molecule has 0 radical (unpaired) electrons. The van der Waals surface area contributed by atoms with Crippen molar-refractivity contribution in [2.45, 2.75) is 32.0 Å². The van der Waals surface area contributed by atoms with Crippen LogP contribution in [0.3, 0.4) is 0 Å². The average molecular weight is 276 g/mol. The van der Waals surface area contributed by atoms with Gasteiger partial charge < -0.3 is 10.0 Å². The molecule has 1 amide bonds. The molecule has 20 heavy (non-hydrogen) atoms. The first-order chi connectivity index (χ1) is 9.43. The topological polar surface area (TPSA) is 60.9 Å². The Morgan fingerprint density at radius 1 is 1.35 bits per heavy atom. The molecule has 1 aliphatic rings. The van der Waals surface area contributed by atoms with Crippen LogP contribution in [0, 0.1) is 0 Å². The highest BCUT2D eigenvalue weighted by atomic mass is 16.4. The van der Waals surface area contributed by atoms with Gasteiger partial charge in [-0.1, -0.05) is 30.3 Å². The first kappa shape index (κ1) is 14.5. The van der Waals surface area contributed by atoms with Gasteiger partial charge in [-0.3, -0.25) is 9.69 Å². The van der Waals surface area contributed by atoms with Gasteiger partial charge in [0.05, 0.1) is 12.1 Å². The number of benzene rings is 1. The summed E-state index contributed by atoms with van der Waals surface area (Å²) in [7, 11) is 1.89. The van der Waals surface area contributed by atoms with Crippen molar-refractivity contribution < 1.29 is 14.7 Å². The second-order valence-corrected chi connectivity index (χ2v) is 5.30. The minimum Gasteiger partial charge on any atom is -0.480 e. The Hall–Kier alpha value is -1.88. The summed E-state index contributed by atoms with van der Waals surface area (Å²) in [6.45, 7) is 4.01. The molecule has 1 fully saturated rings. The van der Waals surface area contributed by atoms with Crippen molar-refractivity contribution in [2.75, 3.05) is 13.6 Å². The second kappa shape index (κ2) is 5.63. The third kappa shape index (κ3) is 2.54. The van der Waals surface area contributed by atoms with Gasteiger partial charge in [0.2, 0.25) is 5.91 Å². The van der Waals surface area contributed by atoms with Gasteiger partial charge >= 0.3 is 5.97 Å². The van der Waals surface area contributed by atoms with Crippen LogP contribution in [0.5, 0.6) is 0 Å². The monoisotopic (exact) mass is 276 g/mol. The Morgan fingerprint density at radius 3 is 2.50 bits per heavy atom. The van der Waals surface area contributed by atoms with E-state index in [0.29, 0.717) is 6.54 Å². The molecule has 0 aromatic heterocycles. The van der Waals surface area contributed by atoms with Crippen LogP contribution in [-0.2, 0) is 9.59 Å². The van der Waals surface area contributed by atoms with Crippen LogP contribution in [0.25, 0.3) is 0 Å². The summed E-state index contributed by atoms with van der Waals surface area (Å²) in [6.07, 6.45) is 0. The highest BCUT2D eigenvalue weighted by Gasteiger charge is 2.41. The van der Waals surface area contributed by atoms with Gasteiger partial charge in [0, 0.05) is 6.54 Å². The molecule has 5 heteroatoms. The number of rotatable bonds is 3. The summed E-state index contributed by atoms with van der Waals surface area (Å²) in [5.74, 6) is -1.11. The molecular weight excluding hydrogens is 256 g/mol. The minimum absolute atomic E-state index is 0.137. The van der Waals surface area contributed by atoms with Gasteiger partial charge in [-0.25, -0.2) is 4.79 Å². The molecule has 1 saturated heterocycles. The SMILES string of the molecule is CC(C(=O)O)N1C(=O)[C@@H](C)N(C)CC1c1ccccc1. The van der Waals surface area contributed by atoms with Crippen molar-refractivity contribution in [1.29, 1.82) is 0 Å². The van der Waals surface area contributed by atoms with Gasteiger partial charge in [0.1, 0.15) is 6.04 Å². The molecule has 108 valence electrons. The van der Waals surface area contributed by atoms with Gasteiger partial charge in [0.25, 0.3) is 0 Å². The third-order valence-electron chi connectivity index (χ3n) is 4.03. The lowest BCUT2D eigenvalue weighted by Crippen LogP contribution is -2.59. The summed E-state index contributed by atoms with van der Waals surface area (Å²) in [6, 6.07) is 8.23. The zero-order chi connectivity index (χ0) is 14.9. The summed E-state index contributed by atoms with van der Waals surface area (Å²) in [5, 5.41) is 9.26. The molecule has 2 rings (SSSR count). The van der Waals surface area contributed by atoms with Crippen molar-refractivity contribution in [1.82, 2.24) is 9.80 Å². The molecule has 0 saturated carbocycles. The van der Waals surface area contributed by atoms with E-state index < -0.39 is 12.0 Å². The molecule has 3 atom stereocenters. The molecule has 2 unspecified atom stereocenters. The van der Waals surface area contributed by atoms with E-state index in [4.69, 9.17) is 0 Å². The van der Waals surface area contributed by atoms with E-state index in [9.17, 15) is 14.7 Å². The molecular formula is C15H20N2O3. The first-order valence-corrected chi connectivity index (χ1v) is 6.73. The summed E-state index contributed by atoms with van der Waals surface area (Å²) in [4.78, 5) is 27.3. The molecule has 1 aromatic rings. The molecule has 1 aromatic carbocycles. The quantitative estimate of drug-likeness (QED) is 0.905. The minimum atomic E-state index is -0.976. The van der Waals surface area contributed by atoms with Crippen molar-refractivity contribution in [3.63, 3.8) is 0 Å². The van der Waals surface area contributed by atoms with Gasteiger partial charge in [-0.05, 0) is 26.5 Å². The third-order valence-corrected chi connectivity index (χ3v) is 4.03. The van der Waals surface area contributed by atoms with E-state index in [1.54, 1.807) is 6.92 Å². The Balaban J connectivity index is 2.40. The van der Waals surface area contributed by atoms with Crippen LogP contribution in [0.15, 0.2) is 30.3 Å². The Morgan fingerprint density at radius 2 is 1.95 bits per heavy atom. The number of hydrogen-bond acceptors (Lipinski definition) is 3. The predicted octanol–water partition coefficient (Wildman–Crippen LogP) is 1.36. The highest BCUT2D eigenvalue weighted by molar-refractivity contribution is 5.87. The van der Waals surface area contributed by atoms with Crippen LogP contribution in [-0.4, -0.2) is 52.5 Å². The maximum Gasteiger partial charge on any atom is 0.326 e. The molecule has 1 N–H and O–H groups in total. The highest BCUT2D eigenvalue weighted by Crippen LogP contribution is 2.29. The van der Waals surface area contributed by atoms with Crippen LogP contribution in [0.1, 0.15) is 25.5 Å². The van der Waals surface area contributed by atoms with E-state index in [1.165, 1.54) is 4.90 Å². The largest absolute Gasteiger partial charge is 0.480 e. The van der Waals surface area contributed by atoms with Crippen LogP contribution >= 0.6 is 0 Å². The Kier molecular flexibility index (Phi) is 4.09. The number of carbonyl (C=O) groups excluding carboxylic acids is 1. The van der Waals surface area contributed by atoms with E-state index in [0.717, 1.165) is 5.56 Å². The number of carboxylic acids is 1. The fraction of sp³-hybridized carbons (Fsp3) is 0.467. The number of carboxylic acid groups (broad SMARTS) is 1. The van der Waals surface area contributed by atoms with Gasteiger partial charge in [-0.15, -0.1) is 0 Å². The predicted molar refractivity (Wildman–Crippen MR) is 75.2 cm³/mol. The van der Waals surface area contributed by atoms with Crippen LogP contribution in [0.2, 0.25) is 0 Å². The van der Waals surface area contributed by atoms with E-state index in [2.05, 4.69) is 0 Å². The smallest absolute Gasteiger partial charge is 0.326 e. The van der Waals surface area contributed by atoms with E-state index in [1.807, 2.05) is 49.2 Å². The number of piperazine rings is 1. The zero-order valence-corrected chi connectivity index (χ0v) is 12.0. The number of carbonyl (C=O) groups is 2. The fourth-order valence-corrected chi connectivity index (χ4v) is 2.60. The number of nitrogens with zero attached hydrogens (tertiary/aromatic N) is 2. The van der Waals surface area contributed by atoms with Crippen molar-refractivity contribution in [2.24, 2.45) is 0 Å². The van der Waals surface area contributed by atoms with Gasteiger partial charge in [0.15, 0.2) is 0 Å². The van der Waals surface area contributed by atoms with Crippen molar-refractivity contribution in [3.05, 3.63) is 35.9 Å². The molecule has 5 nitrogen and oxygen atoms in total. The van der Waals surface area contributed by atoms with Crippen LogP contribution < -0.4 is 0 Å². The fourth-order valence-electron chi connectivity index (χ4n) is 2.60. The summed E-state index contributed by atoms with van der Waals surface area (Å²) in [5.41, 5.74) is 0.965. The molecule has 0 spiro atoms. The molecule has 0 bridgehead atoms. The Labute approximate surface area is 118 Å². The van der Waals surface area contributed by atoms with E-state index >= 15 is 0 Å². The van der Waals surface area contributed by atoms with Crippen molar-refractivity contribution in [3.8, 4) is 0 Å². The van der Waals surface area contributed by atoms with Crippen molar-refractivity contribution >= 4 is 11.9 Å². The zero-order valence-electron chi connectivity index (χ0n) is 12.0. The molecule has 0 aliphatic carbocycles. The van der Waals surface area contributed by atoms with E-state index in [-0.39, 0.29) is 18.0 Å². The maximum absolute atomic E-state index is 12.5. The number of amides is 1. The van der Waals surface area contributed by atoms with Gasteiger partial charge in [-0.2, -0.15) is 0 Å². The summed E-state index contributed by atoms with van der Waals surface area (Å²) >= 11 is 0. The normalized spacial score (nSPS) is 25.6. The molecule has 1 heterocycles. The Bertz CT molecular complexity index is 503. The number of aliphatic carboxylic acids is 1. The lowest BCUT2D eigenvalue weighted by molar-refractivity contribution is -0.158. The maximum atomic E-state index is 12.5.